The maximum Gasteiger partial charge on any atom is 0.274 e. The molecular weight excluding hydrogens is 330 g/mol. The first-order valence-corrected chi connectivity index (χ1v) is 8.65. The van der Waals surface area contributed by atoms with Crippen LogP contribution in [0.25, 0.3) is 0 Å². The van der Waals surface area contributed by atoms with E-state index in [1.54, 1.807) is 13.0 Å². The van der Waals surface area contributed by atoms with Crippen molar-refractivity contribution in [3.05, 3.63) is 47.4 Å². The van der Waals surface area contributed by atoms with Crippen molar-refractivity contribution in [3.63, 3.8) is 0 Å². The van der Waals surface area contributed by atoms with Gasteiger partial charge in [-0.3, -0.25) is 9.59 Å². The SMILES string of the molecule is CC(=O)N1CCN(c2cc(C(=O)Nc3ccc(C)cc3C)ncn2)CC1. The standard InChI is InChI=1S/C19H23N5O2/c1-13-4-5-16(14(2)10-13)22-19(26)17-11-18(21-12-20-17)24-8-6-23(7-9-24)15(3)25/h4-5,10-12H,6-9H2,1-3H3,(H,22,26). The van der Waals surface area contributed by atoms with E-state index in [4.69, 9.17) is 0 Å². The molecule has 1 N–H and O–H groups in total. The van der Waals surface area contributed by atoms with Gasteiger partial charge >= 0.3 is 0 Å². The predicted molar refractivity (Wildman–Crippen MR) is 100 cm³/mol. The van der Waals surface area contributed by atoms with Crippen LogP contribution in [-0.4, -0.2) is 52.9 Å². The van der Waals surface area contributed by atoms with Gasteiger partial charge in [0.1, 0.15) is 17.8 Å². The highest BCUT2D eigenvalue weighted by molar-refractivity contribution is 6.03. The number of anilines is 2. The Morgan fingerprint density at radius 2 is 1.77 bits per heavy atom. The normalized spacial score (nSPS) is 14.3. The quantitative estimate of drug-likeness (QED) is 0.913. The van der Waals surface area contributed by atoms with Gasteiger partial charge in [-0.25, -0.2) is 9.97 Å². The van der Waals surface area contributed by atoms with Crippen molar-refractivity contribution in [2.24, 2.45) is 0 Å². The molecule has 1 fully saturated rings. The number of nitrogens with one attached hydrogen (secondary N) is 1. The Kier molecular flexibility index (Phi) is 5.16. The van der Waals surface area contributed by atoms with Crippen LogP contribution >= 0.6 is 0 Å². The fraction of sp³-hybridized carbons (Fsp3) is 0.368. The lowest BCUT2D eigenvalue weighted by Crippen LogP contribution is -2.48. The fourth-order valence-electron chi connectivity index (χ4n) is 3.03. The third kappa shape index (κ3) is 3.99. The molecule has 1 aliphatic heterocycles. The van der Waals surface area contributed by atoms with Crippen LogP contribution in [-0.2, 0) is 4.79 Å². The van der Waals surface area contributed by atoms with Crippen molar-refractivity contribution in [1.29, 1.82) is 0 Å². The molecular formula is C19H23N5O2. The molecule has 0 unspecified atom stereocenters. The van der Waals surface area contributed by atoms with Gasteiger partial charge in [0, 0.05) is 44.9 Å². The predicted octanol–water partition coefficient (Wildman–Crippen LogP) is 2.01. The van der Waals surface area contributed by atoms with Gasteiger partial charge in [-0.1, -0.05) is 17.7 Å². The van der Waals surface area contributed by atoms with Crippen LogP contribution < -0.4 is 10.2 Å². The van der Waals surface area contributed by atoms with Crippen molar-refractivity contribution in [3.8, 4) is 0 Å². The molecule has 2 heterocycles. The molecule has 26 heavy (non-hydrogen) atoms. The Morgan fingerprint density at radius 3 is 2.42 bits per heavy atom. The highest BCUT2D eigenvalue weighted by Crippen LogP contribution is 2.18. The number of carbonyl (C=O) groups is 2. The number of hydrogen-bond acceptors (Lipinski definition) is 5. The van der Waals surface area contributed by atoms with Crippen LogP contribution in [0.2, 0.25) is 0 Å². The van der Waals surface area contributed by atoms with E-state index in [1.807, 2.05) is 36.9 Å². The second kappa shape index (κ2) is 7.51. The Morgan fingerprint density at radius 1 is 1.04 bits per heavy atom. The molecule has 7 nitrogen and oxygen atoms in total. The van der Waals surface area contributed by atoms with Crippen molar-refractivity contribution in [2.45, 2.75) is 20.8 Å². The molecule has 2 aromatic rings. The smallest absolute Gasteiger partial charge is 0.274 e. The first-order valence-electron chi connectivity index (χ1n) is 8.65. The lowest BCUT2D eigenvalue weighted by molar-refractivity contribution is -0.129. The average molecular weight is 353 g/mol. The van der Waals surface area contributed by atoms with Gasteiger partial charge in [0.25, 0.3) is 5.91 Å². The first-order chi connectivity index (χ1) is 12.4. The van der Waals surface area contributed by atoms with Crippen LogP contribution in [0.1, 0.15) is 28.5 Å². The molecule has 0 bridgehead atoms. The molecule has 2 amide bonds. The van der Waals surface area contributed by atoms with E-state index in [0.717, 1.165) is 16.8 Å². The molecule has 7 heteroatoms. The molecule has 0 saturated carbocycles. The zero-order valence-electron chi connectivity index (χ0n) is 15.3. The molecule has 0 atom stereocenters. The van der Waals surface area contributed by atoms with E-state index in [1.165, 1.54) is 6.33 Å². The summed E-state index contributed by atoms with van der Waals surface area (Å²) in [5.41, 5.74) is 3.25. The monoisotopic (exact) mass is 353 g/mol. The number of amides is 2. The summed E-state index contributed by atoms with van der Waals surface area (Å²) in [7, 11) is 0. The van der Waals surface area contributed by atoms with E-state index in [-0.39, 0.29) is 11.8 Å². The van der Waals surface area contributed by atoms with Gasteiger partial charge in [0.15, 0.2) is 0 Å². The van der Waals surface area contributed by atoms with E-state index < -0.39 is 0 Å². The summed E-state index contributed by atoms with van der Waals surface area (Å²) in [6.07, 6.45) is 1.41. The van der Waals surface area contributed by atoms with Crippen molar-refractivity contribution >= 4 is 23.3 Å². The second-order valence-corrected chi connectivity index (χ2v) is 6.53. The molecule has 1 saturated heterocycles. The second-order valence-electron chi connectivity index (χ2n) is 6.53. The number of hydrogen-bond donors (Lipinski definition) is 1. The minimum Gasteiger partial charge on any atom is -0.353 e. The highest BCUT2D eigenvalue weighted by Gasteiger charge is 2.20. The molecule has 1 aromatic carbocycles. The summed E-state index contributed by atoms with van der Waals surface area (Å²) in [6, 6.07) is 7.58. The van der Waals surface area contributed by atoms with Crippen molar-refractivity contribution < 1.29 is 9.59 Å². The fourth-order valence-corrected chi connectivity index (χ4v) is 3.03. The maximum absolute atomic E-state index is 12.6. The van der Waals surface area contributed by atoms with E-state index in [0.29, 0.717) is 37.7 Å². The lowest BCUT2D eigenvalue weighted by atomic mass is 10.1. The Hall–Kier alpha value is -2.96. The number of benzene rings is 1. The Bertz CT molecular complexity index is 828. The minimum atomic E-state index is -0.261. The topological polar surface area (TPSA) is 78.4 Å². The third-order valence-electron chi connectivity index (χ3n) is 4.56. The Labute approximate surface area is 153 Å². The Balaban J connectivity index is 1.71. The van der Waals surface area contributed by atoms with Crippen LogP contribution in [0.3, 0.4) is 0 Å². The zero-order chi connectivity index (χ0) is 18.7. The summed E-state index contributed by atoms with van der Waals surface area (Å²) >= 11 is 0. The molecule has 0 radical (unpaired) electrons. The molecule has 136 valence electrons. The van der Waals surface area contributed by atoms with E-state index in [9.17, 15) is 9.59 Å². The van der Waals surface area contributed by atoms with Gasteiger partial charge in [-0.05, 0) is 25.5 Å². The van der Waals surface area contributed by atoms with Gasteiger partial charge in [0.2, 0.25) is 5.91 Å². The largest absolute Gasteiger partial charge is 0.353 e. The average Bonchev–Trinajstić information content (AvgIpc) is 2.64. The number of aryl methyl sites for hydroxylation is 2. The van der Waals surface area contributed by atoms with Crippen LogP contribution in [0.4, 0.5) is 11.5 Å². The molecule has 3 rings (SSSR count). The van der Waals surface area contributed by atoms with E-state index in [2.05, 4.69) is 20.2 Å². The summed E-state index contributed by atoms with van der Waals surface area (Å²) in [5.74, 6) is 0.526. The lowest BCUT2D eigenvalue weighted by Gasteiger charge is -2.34. The number of rotatable bonds is 3. The van der Waals surface area contributed by atoms with Crippen molar-refractivity contribution in [2.75, 3.05) is 36.4 Å². The maximum atomic E-state index is 12.6. The van der Waals surface area contributed by atoms with Gasteiger partial charge in [-0.2, -0.15) is 0 Å². The third-order valence-corrected chi connectivity index (χ3v) is 4.56. The zero-order valence-corrected chi connectivity index (χ0v) is 15.3. The van der Waals surface area contributed by atoms with Crippen molar-refractivity contribution in [1.82, 2.24) is 14.9 Å². The van der Waals surface area contributed by atoms with Gasteiger partial charge in [0.05, 0.1) is 0 Å². The van der Waals surface area contributed by atoms with Crippen LogP contribution in [0, 0.1) is 13.8 Å². The summed E-state index contributed by atoms with van der Waals surface area (Å²) in [4.78, 5) is 36.3. The summed E-state index contributed by atoms with van der Waals surface area (Å²) in [6.45, 7) is 8.25. The minimum absolute atomic E-state index is 0.0841. The highest BCUT2D eigenvalue weighted by atomic mass is 16.2. The van der Waals surface area contributed by atoms with Crippen LogP contribution in [0.15, 0.2) is 30.6 Å². The molecule has 0 spiro atoms. The summed E-state index contributed by atoms with van der Waals surface area (Å²) in [5, 5.41) is 2.91. The number of piperazine rings is 1. The number of nitrogens with zero attached hydrogens (tertiary/aromatic N) is 4. The molecule has 0 aliphatic carbocycles. The van der Waals surface area contributed by atoms with Crippen LogP contribution in [0.5, 0.6) is 0 Å². The molecule has 1 aliphatic rings. The molecule has 1 aromatic heterocycles. The first kappa shape index (κ1) is 17.8. The van der Waals surface area contributed by atoms with E-state index >= 15 is 0 Å². The number of aromatic nitrogens is 2. The number of carbonyl (C=O) groups excluding carboxylic acids is 2. The van der Waals surface area contributed by atoms with Gasteiger partial charge < -0.3 is 15.1 Å². The summed E-state index contributed by atoms with van der Waals surface area (Å²) < 4.78 is 0. The van der Waals surface area contributed by atoms with Gasteiger partial charge in [-0.15, -0.1) is 0 Å².